The number of nitro groups is 1. The number of aromatic nitrogens is 1. The molecule has 1 amide bonds. The van der Waals surface area contributed by atoms with Crippen LogP contribution in [-0.4, -0.2) is 39.9 Å². The Balaban J connectivity index is 1.61. The van der Waals surface area contributed by atoms with Crippen molar-refractivity contribution in [3.63, 3.8) is 0 Å². The first-order chi connectivity index (χ1) is 11.8. The summed E-state index contributed by atoms with van der Waals surface area (Å²) < 4.78 is 48.6. The van der Waals surface area contributed by atoms with Gasteiger partial charge in [-0.25, -0.2) is 4.98 Å². The van der Waals surface area contributed by atoms with E-state index in [4.69, 9.17) is 9.15 Å². The summed E-state index contributed by atoms with van der Waals surface area (Å²) in [6, 6.07) is 4.21. The molecule has 0 unspecified atom stereocenters. The summed E-state index contributed by atoms with van der Waals surface area (Å²) in [6.45, 7) is 0.0302. The van der Waals surface area contributed by atoms with Crippen LogP contribution >= 0.6 is 0 Å². The van der Waals surface area contributed by atoms with E-state index in [1.807, 2.05) is 0 Å². The van der Waals surface area contributed by atoms with Crippen molar-refractivity contribution in [1.29, 1.82) is 0 Å². The lowest BCUT2D eigenvalue weighted by atomic mass is 10.1. The van der Waals surface area contributed by atoms with Gasteiger partial charge in [-0.15, -0.1) is 0 Å². The van der Waals surface area contributed by atoms with Crippen LogP contribution in [0.5, 0.6) is 5.88 Å². The monoisotopic (exact) mass is 357 g/mol. The molecule has 0 bridgehead atoms. The summed E-state index contributed by atoms with van der Waals surface area (Å²) in [5.41, 5.74) is -0.999. The minimum atomic E-state index is -4.60. The number of furan rings is 1. The van der Waals surface area contributed by atoms with Gasteiger partial charge in [-0.1, -0.05) is 0 Å². The Bertz CT molecular complexity index is 814. The fourth-order valence-electron chi connectivity index (χ4n) is 2.23. The van der Waals surface area contributed by atoms with E-state index in [2.05, 4.69) is 4.98 Å². The van der Waals surface area contributed by atoms with Crippen molar-refractivity contribution in [2.45, 2.75) is 12.3 Å². The van der Waals surface area contributed by atoms with Gasteiger partial charge in [-0.2, -0.15) is 13.2 Å². The average Bonchev–Trinajstić information content (AvgIpc) is 2.99. The molecule has 2 aromatic rings. The van der Waals surface area contributed by atoms with Crippen LogP contribution < -0.4 is 4.74 Å². The minimum Gasteiger partial charge on any atom is -0.470 e. The van der Waals surface area contributed by atoms with Crippen molar-refractivity contribution < 1.29 is 32.0 Å². The Hall–Kier alpha value is -3.11. The van der Waals surface area contributed by atoms with Gasteiger partial charge in [-0.05, 0) is 18.2 Å². The van der Waals surface area contributed by atoms with Crippen LogP contribution in [0.15, 0.2) is 34.9 Å². The number of pyridine rings is 1. The number of rotatable bonds is 4. The summed E-state index contributed by atoms with van der Waals surface area (Å²) in [5, 5.41) is 10.5. The molecule has 132 valence electrons. The smallest absolute Gasteiger partial charge is 0.433 e. The second kappa shape index (κ2) is 6.07. The summed E-state index contributed by atoms with van der Waals surface area (Å²) in [7, 11) is 0. The maximum absolute atomic E-state index is 12.9. The highest BCUT2D eigenvalue weighted by molar-refractivity contribution is 5.92. The van der Waals surface area contributed by atoms with Crippen LogP contribution in [0, 0.1) is 10.1 Å². The lowest BCUT2D eigenvalue weighted by Crippen LogP contribution is -2.56. The van der Waals surface area contributed by atoms with E-state index in [0.717, 1.165) is 24.3 Å². The third-order valence-electron chi connectivity index (χ3n) is 3.47. The molecule has 0 saturated carbocycles. The molecule has 1 fully saturated rings. The number of carbonyl (C=O) groups excluding carboxylic acids is 1. The van der Waals surface area contributed by atoms with E-state index in [-0.39, 0.29) is 18.8 Å². The van der Waals surface area contributed by atoms with E-state index in [9.17, 15) is 28.1 Å². The van der Waals surface area contributed by atoms with Gasteiger partial charge >= 0.3 is 12.1 Å². The number of nitrogens with zero attached hydrogens (tertiary/aromatic N) is 3. The minimum absolute atomic E-state index is 0.0151. The van der Waals surface area contributed by atoms with E-state index in [1.54, 1.807) is 0 Å². The van der Waals surface area contributed by atoms with Gasteiger partial charge in [0.2, 0.25) is 5.88 Å². The standard InChI is InChI=1S/C14H10F3N3O5/c15-14(16,17)9-2-1-5-18-12(9)24-8-6-19(7-8)13(21)10-3-4-11(25-10)20(22)23/h1-5,8H,6-7H2. The number of hydrogen-bond acceptors (Lipinski definition) is 6. The molecule has 0 atom stereocenters. The molecule has 0 aromatic carbocycles. The van der Waals surface area contributed by atoms with Crippen LogP contribution in [0.4, 0.5) is 19.1 Å². The number of ether oxygens (including phenoxy) is 1. The fourth-order valence-corrected chi connectivity index (χ4v) is 2.23. The van der Waals surface area contributed by atoms with Gasteiger partial charge in [0, 0.05) is 6.20 Å². The maximum atomic E-state index is 12.9. The lowest BCUT2D eigenvalue weighted by molar-refractivity contribution is -0.402. The second-order valence-corrected chi connectivity index (χ2v) is 5.20. The third kappa shape index (κ3) is 3.39. The van der Waals surface area contributed by atoms with Crippen LogP contribution in [0.3, 0.4) is 0 Å². The quantitative estimate of drug-likeness (QED) is 0.616. The number of carbonyl (C=O) groups is 1. The molecular weight excluding hydrogens is 347 g/mol. The van der Waals surface area contributed by atoms with Crippen molar-refractivity contribution in [3.05, 3.63) is 51.9 Å². The number of alkyl halides is 3. The highest BCUT2D eigenvalue weighted by atomic mass is 19.4. The zero-order chi connectivity index (χ0) is 18.2. The Kier molecular flexibility index (Phi) is 4.07. The molecule has 0 N–H and O–H groups in total. The van der Waals surface area contributed by atoms with Gasteiger partial charge in [0.25, 0.3) is 5.91 Å². The number of hydrogen-bond donors (Lipinski definition) is 0. The average molecular weight is 357 g/mol. The SMILES string of the molecule is O=C(c1ccc([N+](=O)[O-])o1)N1CC(Oc2ncccc2C(F)(F)F)C1. The first-order valence-electron chi connectivity index (χ1n) is 6.98. The van der Waals surface area contributed by atoms with Crippen molar-refractivity contribution in [3.8, 4) is 5.88 Å². The molecule has 0 aliphatic carbocycles. The van der Waals surface area contributed by atoms with Crippen molar-refractivity contribution in [1.82, 2.24) is 9.88 Å². The van der Waals surface area contributed by atoms with E-state index in [1.165, 1.54) is 11.1 Å². The van der Waals surface area contributed by atoms with E-state index in [0.29, 0.717) is 0 Å². The Morgan fingerprint density at radius 2 is 2.08 bits per heavy atom. The zero-order valence-corrected chi connectivity index (χ0v) is 12.4. The summed E-state index contributed by atoms with van der Waals surface area (Å²) in [4.78, 5) is 26.6. The van der Waals surface area contributed by atoms with Crippen LogP contribution in [-0.2, 0) is 6.18 Å². The molecule has 25 heavy (non-hydrogen) atoms. The van der Waals surface area contributed by atoms with Crippen LogP contribution in [0.25, 0.3) is 0 Å². The Morgan fingerprint density at radius 3 is 2.68 bits per heavy atom. The zero-order valence-electron chi connectivity index (χ0n) is 12.4. The first kappa shape index (κ1) is 16.7. The van der Waals surface area contributed by atoms with E-state index >= 15 is 0 Å². The maximum Gasteiger partial charge on any atom is 0.433 e. The molecular formula is C14H10F3N3O5. The summed E-state index contributed by atoms with van der Waals surface area (Å²) in [5.74, 6) is -1.95. The van der Waals surface area contributed by atoms with Gasteiger partial charge in [0.05, 0.1) is 19.2 Å². The van der Waals surface area contributed by atoms with Gasteiger partial charge in [-0.3, -0.25) is 14.9 Å². The largest absolute Gasteiger partial charge is 0.470 e. The normalized spacial score (nSPS) is 14.9. The number of amides is 1. The molecule has 8 nitrogen and oxygen atoms in total. The van der Waals surface area contributed by atoms with Crippen molar-refractivity contribution >= 4 is 11.8 Å². The second-order valence-electron chi connectivity index (χ2n) is 5.20. The van der Waals surface area contributed by atoms with E-state index < -0.39 is 40.4 Å². The summed E-state index contributed by atoms with van der Waals surface area (Å²) >= 11 is 0. The van der Waals surface area contributed by atoms with Crippen molar-refractivity contribution in [2.75, 3.05) is 13.1 Å². The lowest BCUT2D eigenvalue weighted by Gasteiger charge is -2.38. The topological polar surface area (TPSA) is 98.7 Å². The van der Waals surface area contributed by atoms with Gasteiger partial charge in [0.15, 0.2) is 5.76 Å². The Labute approximate surface area is 138 Å². The molecule has 1 saturated heterocycles. The number of halogens is 3. The van der Waals surface area contributed by atoms with Crippen LogP contribution in [0.2, 0.25) is 0 Å². The fraction of sp³-hybridized carbons (Fsp3) is 0.286. The first-order valence-corrected chi connectivity index (χ1v) is 6.98. The summed E-state index contributed by atoms with van der Waals surface area (Å²) in [6.07, 6.45) is -4.09. The highest BCUT2D eigenvalue weighted by Crippen LogP contribution is 2.35. The molecule has 3 rings (SSSR count). The predicted octanol–water partition coefficient (Wildman–Crippen LogP) is 2.51. The third-order valence-corrected chi connectivity index (χ3v) is 3.47. The van der Waals surface area contributed by atoms with Gasteiger partial charge < -0.3 is 14.1 Å². The predicted molar refractivity (Wildman–Crippen MR) is 74.9 cm³/mol. The molecule has 1 aliphatic rings. The van der Waals surface area contributed by atoms with Gasteiger partial charge in [0.1, 0.15) is 16.6 Å². The Morgan fingerprint density at radius 1 is 1.36 bits per heavy atom. The van der Waals surface area contributed by atoms with Crippen molar-refractivity contribution in [2.24, 2.45) is 0 Å². The molecule has 0 spiro atoms. The highest BCUT2D eigenvalue weighted by Gasteiger charge is 2.39. The molecule has 0 radical (unpaired) electrons. The molecule has 11 heteroatoms. The molecule has 3 heterocycles. The number of likely N-dealkylation sites (tertiary alicyclic amines) is 1. The van der Waals surface area contributed by atoms with Crippen LogP contribution in [0.1, 0.15) is 16.1 Å². The molecule has 1 aliphatic heterocycles. The molecule has 2 aromatic heterocycles.